The first-order valence-corrected chi connectivity index (χ1v) is 8.08. The van der Waals surface area contributed by atoms with E-state index in [0.29, 0.717) is 0 Å². The fraction of sp³-hybridized carbons (Fsp3) is 0.368. The molecule has 1 aliphatic rings. The number of hydrogen-bond acceptors (Lipinski definition) is 1. The van der Waals surface area contributed by atoms with Gasteiger partial charge in [-0.25, -0.2) is 0 Å². The summed E-state index contributed by atoms with van der Waals surface area (Å²) in [5, 5.41) is 0. The Labute approximate surface area is 126 Å². The van der Waals surface area contributed by atoms with Gasteiger partial charge in [0.05, 0.1) is 0 Å². The molecule has 0 N–H and O–H groups in total. The molecular formula is C19H22S. The maximum absolute atomic E-state index is 2.37. The van der Waals surface area contributed by atoms with E-state index in [2.05, 4.69) is 65.0 Å². The smallest absolute Gasteiger partial charge is 0.0167 e. The van der Waals surface area contributed by atoms with Crippen molar-refractivity contribution in [3.63, 3.8) is 0 Å². The number of allylic oxidation sites excluding steroid dienone is 1. The van der Waals surface area contributed by atoms with Crippen LogP contribution in [0.15, 0.2) is 29.8 Å². The molecule has 3 rings (SSSR count). The van der Waals surface area contributed by atoms with Crippen LogP contribution in [-0.2, 0) is 11.8 Å². The van der Waals surface area contributed by atoms with Gasteiger partial charge in [0.1, 0.15) is 0 Å². The lowest BCUT2D eigenvalue weighted by Crippen LogP contribution is -2.10. The SMILES string of the molecule is CC1=Cc2c(sc(C)c2-c2ccc(C(C)(C)C)cc2)C1. The Bertz CT molecular complexity index is 676. The quantitative estimate of drug-likeness (QED) is 0.603. The highest BCUT2D eigenvalue weighted by Gasteiger charge is 2.20. The molecule has 1 aliphatic carbocycles. The first-order chi connectivity index (χ1) is 9.36. The Morgan fingerprint density at radius 2 is 1.65 bits per heavy atom. The van der Waals surface area contributed by atoms with Gasteiger partial charge in [-0.1, -0.05) is 56.7 Å². The third-order valence-corrected chi connectivity index (χ3v) is 5.19. The van der Waals surface area contributed by atoms with Crippen LogP contribution >= 0.6 is 11.3 Å². The van der Waals surface area contributed by atoms with Gasteiger partial charge in [-0.3, -0.25) is 0 Å². The van der Waals surface area contributed by atoms with Crippen molar-refractivity contribution in [2.24, 2.45) is 0 Å². The second kappa shape index (κ2) is 4.60. The van der Waals surface area contributed by atoms with Crippen molar-refractivity contribution in [1.82, 2.24) is 0 Å². The number of hydrogen-bond donors (Lipinski definition) is 0. The normalized spacial score (nSPS) is 14.3. The van der Waals surface area contributed by atoms with Crippen LogP contribution in [0.2, 0.25) is 0 Å². The van der Waals surface area contributed by atoms with Gasteiger partial charge in [0.15, 0.2) is 0 Å². The highest BCUT2D eigenvalue weighted by atomic mass is 32.1. The summed E-state index contributed by atoms with van der Waals surface area (Å²) in [4.78, 5) is 2.98. The minimum absolute atomic E-state index is 0.223. The summed E-state index contributed by atoms with van der Waals surface area (Å²) in [6.45, 7) is 11.3. The minimum Gasteiger partial charge on any atom is -0.144 e. The van der Waals surface area contributed by atoms with Crippen LogP contribution in [-0.4, -0.2) is 0 Å². The molecule has 0 aliphatic heterocycles. The maximum atomic E-state index is 2.37. The summed E-state index contributed by atoms with van der Waals surface area (Å²) in [7, 11) is 0. The summed E-state index contributed by atoms with van der Waals surface area (Å²) in [6.07, 6.45) is 3.51. The molecule has 2 aromatic rings. The Morgan fingerprint density at radius 1 is 1.00 bits per heavy atom. The third-order valence-electron chi connectivity index (χ3n) is 4.07. The second-order valence-electron chi connectivity index (χ2n) is 6.86. The van der Waals surface area contributed by atoms with Gasteiger partial charge in [-0.05, 0) is 36.0 Å². The average molecular weight is 282 g/mol. The summed E-state index contributed by atoms with van der Waals surface area (Å²) >= 11 is 1.96. The van der Waals surface area contributed by atoms with E-state index in [1.807, 2.05) is 11.3 Å². The van der Waals surface area contributed by atoms with Gasteiger partial charge < -0.3 is 0 Å². The van der Waals surface area contributed by atoms with Crippen molar-refractivity contribution in [1.29, 1.82) is 0 Å². The fourth-order valence-electron chi connectivity index (χ4n) is 2.95. The van der Waals surface area contributed by atoms with E-state index < -0.39 is 0 Å². The van der Waals surface area contributed by atoms with Crippen molar-refractivity contribution in [3.8, 4) is 11.1 Å². The molecule has 0 amide bonds. The van der Waals surface area contributed by atoms with Crippen LogP contribution < -0.4 is 0 Å². The molecule has 0 nitrogen and oxygen atoms in total. The van der Waals surface area contributed by atoms with E-state index in [4.69, 9.17) is 0 Å². The summed E-state index contributed by atoms with van der Waals surface area (Å²) < 4.78 is 0. The van der Waals surface area contributed by atoms with Crippen molar-refractivity contribution < 1.29 is 0 Å². The number of fused-ring (bicyclic) bond motifs is 1. The molecule has 104 valence electrons. The van der Waals surface area contributed by atoms with Gasteiger partial charge >= 0.3 is 0 Å². The number of aryl methyl sites for hydroxylation is 1. The molecule has 0 radical (unpaired) electrons. The zero-order valence-electron chi connectivity index (χ0n) is 13.0. The molecule has 0 saturated heterocycles. The third kappa shape index (κ3) is 2.25. The number of thiophene rings is 1. The van der Waals surface area contributed by atoms with Crippen molar-refractivity contribution >= 4 is 17.4 Å². The number of benzene rings is 1. The highest BCUT2D eigenvalue weighted by Crippen LogP contribution is 2.42. The maximum Gasteiger partial charge on any atom is 0.0167 e. The lowest BCUT2D eigenvalue weighted by atomic mass is 9.86. The van der Waals surface area contributed by atoms with E-state index in [0.717, 1.165) is 6.42 Å². The molecule has 0 atom stereocenters. The van der Waals surface area contributed by atoms with Crippen molar-refractivity contribution in [2.45, 2.75) is 46.5 Å². The Kier molecular flexibility index (Phi) is 3.13. The molecule has 0 saturated carbocycles. The molecule has 1 heterocycles. The Hall–Kier alpha value is -1.34. The second-order valence-corrected chi connectivity index (χ2v) is 8.17. The zero-order chi connectivity index (χ0) is 14.5. The largest absolute Gasteiger partial charge is 0.144 e. The molecule has 1 aromatic heterocycles. The van der Waals surface area contributed by atoms with Crippen LogP contribution in [0.5, 0.6) is 0 Å². The lowest BCUT2D eigenvalue weighted by molar-refractivity contribution is 0.590. The molecule has 0 spiro atoms. The van der Waals surface area contributed by atoms with Crippen LogP contribution in [0.4, 0.5) is 0 Å². The highest BCUT2D eigenvalue weighted by molar-refractivity contribution is 7.12. The van der Waals surface area contributed by atoms with Gasteiger partial charge in [-0.15, -0.1) is 11.3 Å². The van der Waals surface area contributed by atoms with E-state index in [-0.39, 0.29) is 5.41 Å². The summed E-state index contributed by atoms with van der Waals surface area (Å²) in [6, 6.07) is 9.14. The molecular weight excluding hydrogens is 260 g/mol. The molecule has 1 heteroatoms. The van der Waals surface area contributed by atoms with E-state index in [1.165, 1.54) is 37.6 Å². The molecule has 0 fully saturated rings. The topological polar surface area (TPSA) is 0 Å². The molecule has 20 heavy (non-hydrogen) atoms. The standard InChI is InChI=1S/C19H22S/c1-12-10-16-17(11-12)20-13(2)18(16)14-6-8-15(9-7-14)19(3,4)5/h6-10H,11H2,1-5H3. The first-order valence-electron chi connectivity index (χ1n) is 7.26. The monoisotopic (exact) mass is 282 g/mol. The number of rotatable bonds is 1. The van der Waals surface area contributed by atoms with Crippen LogP contribution in [0.3, 0.4) is 0 Å². The van der Waals surface area contributed by atoms with E-state index in [1.54, 1.807) is 0 Å². The van der Waals surface area contributed by atoms with Gasteiger partial charge in [0.25, 0.3) is 0 Å². The lowest BCUT2D eigenvalue weighted by Gasteiger charge is -2.19. The minimum atomic E-state index is 0.223. The Balaban J connectivity index is 2.07. The van der Waals surface area contributed by atoms with Crippen molar-refractivity contribution in [2.75, 3.05) is 0 Å². The van der Waals surface area contributed by atoms with E-state index >= 15 is 0 Å². The van der Waals surface area contributed by atoms with Crippen LogP contribution in [0, 0.1) is 6.92 Å². The zero-order valence-corrected chi connectivity index (χ0v) is 13.8. The average Bonchev–Trinajstić information content (AvgIpc) is 2.82. The van der Waals surface area contributed by atoms with Gasteiger partial charge in [-0.2, -0.15) is 0 Å². The predicted molar refractivity (Wildman–Crippen MR) is 90.5 cm³/mol. The van der Waals surface area contributed by atoms with Gasteiger partial charge in [0, 0.05) is 21.7 Å². The summed E-state index contributed by atoms with van der Waals surface area (Å²) in [5.41, 5.74) is 7.38. The fourth-order valence-corrected chi connectivity index (χ4v) is 4.22. The molecule has 0 unspecified atom stereocenters. The van der Waals surface area contributed by atoms with E-state index in [9.17, 15) is 0 Å². The van der Waals surface area contributed by atoms with Crippen molar-refractivity contribution in [3.05, 3.63) is 50.7 Å². The predicted octanol–water partition coefficient (Wildman–Crippen LogP) is 5.98. The summed E-state index contributed by atoms with van der Waals surface area (Å²) in [5.74, 6) is 0. The van der Waals surface area contributed by atoms with Gasteiger partial charge in [0.2, 0.25) is 0 Å². The molecule has 1 aromatic carbocycles. The van der Waals surface area contributed by atoms with Crippen LogP contribution in [0.25, 0.3) is 17.2 Å². The van der Waals surface area contributed by atoms with Crippen LogP contribution in [0.1, 0.15) is 48.6 Å². The Morgan fingerprint density at radius 3 is 2.25 bits per heavy atom. The molecule has 0 bridgehead atoms. The first kappa shape index (κ1) is 13.6.